The zero-order valence-corrected chi connectivity index (χ0v) is 13.5. The number of guanidine groups is 1. The molecule has 0 radical (unpaired) electrons. The molecule has 1 fully saturated rings. The van der Waals surface area contributed by atoms with Crippen molar-refractivity contribution in [2.45, 2.75) is 31.3 Å². The third-order valence-electron chi connectivity index (χ3n) is 4.37. The van der Waals surface area contributed by atoms with Gasteiger partial charge in [0.1, 0.15) is 0 Å². The quantitative estimate of drug-likeness (QED) is 0.581. The molecule has 3 N–H and O–H groups in total. The second-order valence-corrected chi connectivity index (χ2v) is 6.01. The standard InChI is InChI=1S/C17H24N4O2/c1-18-17(20-11-13-5-4-8-23-13)19-10-12-9-16(22)21-15-7-3-2-6-14(12)15/h2-3,6-7,12-13H,4-5,8-11H2,1H3,(H,21,22)(H2,18,19,20). The fraction of sp³-hybridized carbons (Fsp3) is 0.529. The largest absolute Gasteiger partial charge is 0.376 e. The third kappa shape index (κ3) is 4.01. The monoisotopic (exact) mass is 316 g/mol. The van der Waals surface area contributed by atoms with Crippen LogP contribution in [0.2, 0.25) is 0 Å². The van der Waals surface area contributed by atoms with Gasteiger partial charge in [-0.25, -0.2) is 0 Å². The fourth-order valence-corrected chi connectivity index (χ4v) is 3.14. The van der Waals surface area contributed by atoms with Crippen LogP contribution in [0.25, 0.3) is 0 Å². The van der Waals surface area contributed by atoms with Gasteiger partial charge in [0.15, 0.2) is 5.96 Å². The van der Waals surface area contributed by atoms with Gasteiger partial charge in [0.25, 0.3) is 0 Å². The Kier molecular flexibility index (Phi) is 5.12. The van der Waals surface area contributed by atoms with E-state index in [0.717, 1.165) is 37.6 Å². The highest BCUT2D eigenvalue weighted by Gasteiger charge is 2.24. The number of nitrogens with zero attached hydrogens (tertiary/aromatic N) is 1. The van der Waals surface area contributed by atoms with E-state index in [0.29, 0.717) is 13.0 Å². The summed E-state index contributed by atoms with van der Waals surface area (Å²) in [7, 11) is 1.76. The van der Waals surface area contributed by atoms with Gasteiger partial charge in [0, 0.05) is 44.8 Å². The lowest BCUT2D eigenvalue weighted by Crippen LogP contribution is -2.43. The average molecular weight is 316 g/mol. The first-order valence-electron chi connectivity index (χ1n) is 8.21. The fourth-order valence-electron chi connectivity index (χ4n) is 3.14. The Morgan fingerprint density at radius 2 is 2.17 bits per heavy atom. The molecular weight excluding hydrogens is 292 g/mol. The Morgan fingerprint density at radius 3 is 2.96 bits per heavy atom. The number of carbonyl (C=O) groups excluding carboxylic acids is 1. The second kappa shape index (κ2) is 7.46. The zero-order chi connectivity index (χ0) is 16.1. The molecule has 2 unspecified atom stereocenters. The predicted molar refractivity (Wildman–Crippen MR) is 90.8 cm³/mol. The van der Waals surface area contributed by atoms with Crippen molar-refractivity contribution in [2.24, 2.45) is 4.99 Å². The number of amides is 1. The normalized spacial score (nSPS) is 24.0. The summed E-state index contributed by atoms with van der Waals surface area (Å²) in [5, 5.41) is 9.55. The Morgan fingerprint density at radius 1 is 1.35 bits per heavy atom. The van der Waals surface area contributed by atoms with Crippen molar-refractivity contribution in [3.63, 3.8) is 0 Å². The van der Waals surface area contributed by atoms with Crippen LogP contribution in [-0.2, 0) is 9.53 Å². The SMILES string of the molecule is CN=C(NCC1CCCO1)NCC1CC(=O)Nc2ccccc21. The number of aliphatic imine (C=N–C) groups is 1. The van der Waals surface area contributed by atoms with Crippen LogP contribution in [0.15, 0.2) is 29.3 Å². The van der Waals surface area contributed by atoms with Crippen LogP contribution < -0.4 is 16.0 Å². The van der Waals surface area contributed by atoms with Gasteiger partial charge in [-0.1, -0.05) is 18.2 Å². The summed E-state index contributed by atoms with van der Waals surface area (Å²) in [6.45, 7) is 2.30. The van der Waals surface area contributed by atoms with Gasteiger partial charge < -0.3 is 20.7 Å². The first-order valence-corrected chi connectivity index (χ1v) is 8.21. The van der Waals surface area contributed by atoms with Crippen molar-refractivity contribution < 1.29 is 9.53 Å². The Hall–Kier alpha value is -2.08. The maximum Gasteiger partial charge on any atom is 0.225 e. The van der Waals surface area contributed by atoms with Gasteiger partial charge >= 0.3 is 0 Å². The molecule has 3 rings (SSSR count). The van der Waals surface area contributed by atoms with Gasteiger partial charge in [-0.2, -0.15) is 0 Å². The molecule has 124 valence electrons. The van der Waals surface area contributed by atoms with Gasteiger partial charge in [-0.3, -0.25) is 9.79 Å². The summed E-state index contributed by atoms with van der Waals surface area (Å²) in [6, 6.07) is 7.97. The lowest BCUT2D eigenvalue weighted by atomic mass is 9.90. The molecule has 1 saturated heterocycles. The molecule has 0 aromatic heterocycles. The van der Waals surface area contributed by atoms with Crippen molar-refractivity contribution >= 4 is 17.6 Å². The number of rotatable bonds is 4. The van der Waals surface area contributed by atoms with Crippen molar-refractivity contribution in [1.82, 2.24) is 10.6 Å². The van der Waals surface area contributed by atoms with E-state index in [1.165, 1.54) is 5.56 Å². The van der Waals surface area contributed by atoms with Crippen LogP contribution >= 0.6 is 0 Å². The van der Waals surface area contributed by atoms with Crippen LogP contribution in [-0.4, -0.2) is 44.7 Å². The van der Waals surface area contributed by atoms with Crippen molar-refractivity contribution in [2.75, 3.05) is 32.1 Å². The minimum Gasteiger partial charge on any atom is -0.376 e. The summed E-state index contributed by atoms with van der Waals surface area (Å²) < 4.78 is 5.60. The summed E-state index contributed by atoms with van der Waals surface area (Å²) in [5.74, 6) is 0.975. The van der Waals surface area contributed by atoms with E-state index in [1.807, 2.05) is 18.2 Å². The van der Waals surface area contributed by atoms with E-state index in [1.54, 1.807) is 7.05 Å². The summed E-state index contributed by atoms with van der Waals surface area (Å²) in [6.07, 6.45) is 2.99. The van der Waals surface area contributed by atoms with Gasteiger partial charge in [-0.15, -0.1) is 0 Å². The molecule has 2 aliphatic heterocycles. The third-order valence-corrected chi connectivity index (χ3v) is 4.37. The molecule has 6 nitrogen and oxygen atoms in total. The summed E-state index contributed by atoms with van der Waals surface area (Å²) >= 11 is 0. The molecule has 0 bridgehead atoms. The van der Waals surface area contributed by atoms with Crippen molar-refractivity contribution in [3.8, 4) is 0 Å². The average Bonchev–Trinajstić information content (AvgIpc) is 3.08. The van der Waals surface area contributed by atoms with Crippen LogP contribution in [0, 0.1) is 0 Å². The molecule has 1 amide bonds. The Balaban J connectivity index is 1.55. The van der Waals surface area contributed by atoms with Crippen molar-refractivity contribution in [3.05, 3.63) is 29.8 Å². The maximum absolute atomic E-state index is 11.8. The molecule has 2 atom stereocenters. The number of carbonyl (C=O) groups is 1. The zero-order valence-electron chi connectivity index (χ0n) is 13.5. The smallest absolute Gasteiger partial charge is 0.225 e. The highest BCUT2D eigenvalue weighted by molar-refractivity contribution is 5.94. The van der Waals surface area contributed by atoms with E-state index < -0.39 is 0 Å². The molecule has 2 heterocycles. The van der Waals surface area contributed by atoms with Gasteiger partial charge in [0.05, 0.1) is 6.10 Å². The molecule has 0 aliphatic carbocycles. The lowest BCUT2D eigenvalue weighted by molar-refractivity contribution is -0.116. The van der Waals surface area contributed by atoms with Gasteiger partial charge in [0.2, 0.25) is 5.91 Å². The highest BCUT2D eigenvalue weighted by atomic mass is 16.5. The Bertz CT molecular complexity index is 582. The molecule has 6 heteroatoms. The number of nitrogens with one attached hydrogen (secondary N) is 3. The number of anilines is 1. The number of hydrogen-bond acceptors (Lipinski definition) is 3. The number of hydrogen-bond donors (Lipinski definition) is 3. The first kappa shape index (κ1) is 15.8. The highest BCUT2D eigenvalue weighted by Crippen LogP contribution is 2.31. The molecular formula is C17H24N4O2. The van der Waals surface area contributed by atoms with E-state index in [9.17, 15) is 4.79 Å². The number of para-hydroxylation sites is 1. The first-order chi connectivity index (χ1) is 11.3. The molecule has 2 aliphatic rings. The summed E-state index contributed by atoms with van der Waals surface area (Å²) in [5.41, 5.74) is 2.09. The van der Waals surface area contributed by atoms with Crippen LogP contribution in [0.4, 0.5) is 5.69 Å². The molecule has 0 saturated carbocycles. The molecule has 23 heavy (non-hydrogen) atoms. The van der Waals surface area contributed by atoms with E-state index in [4.69, 9.17) is 4.74 Å². The van der Waals surface area contributed by atoms with Crippen LogP contribution in [0.1, 0.15) is 30.7 Å². The minimum absolute atomic E-state index is 0.0674. The number of ether oxygens (including phenoxy) is 1. The topological polar surface area (TPSA) is 74.8 Å². The van der Waals surface area contributed by atoms with Crippen LogP contribution in [0.3, 0.4) is 0 Å². The van der Waals surface area contributed by atoms with Gasteiger partial charge in [-0.05, 0) is 24.5 Å². The minimum atomic E-state index is 0.0674. The lowest BCUT2D eigenvalue weighted by Gasteiger charge is -2.26. The molecule has 1 aromatic rings. The predicted octanol–water partition coefficient (Wildman–Crippen LogP) is 1.46. The second-order valence-electron chi connectivity index (χ2n) is 6.01. The van der Waals surface area contributed by atoms with E-state index in [2.05, 4.69) is 27.0 Å². The van der Waals surface area contributed by atoms with Crippen molar-refractivity contribution in [1.29, 1.82) is 0 Å². The molecule has 0 spiro atoms. The Labute approximate surface area is 136 Å². The summed E-state index contributed by atoms with van der Waals surface area (Å²) in [4.78, 5) is 16.1. The number of fused-ring (bicyclic) bond motifs is 1. The van der Waals surface area contributed by atoms with Crippen LogP contribution in [0.5, 0.6) is 0 Å². The van der Waals surface area contributed by atoms with E-state index >= 15 is 0 Å². The number of benzene rings is 1. The maximum atomic E-state index is 11.8. The van der Waals surface area contributed by atoms with E-state index in [-0.39, 0.29) is 17.9 Å². The molecule has 1 aromatic carbocycles.